The maximum atomic E-state index is 11.0. The van der Waals surface area contributed by atoms with Gasteiger partial charge in [-0.05, 0) is 19.3 Å². The molecule has 88 valence electrons. The number of hydrogen-bond donors (Lipinski definition) is 0. The molecule has 2 nitrogen and oxygen atoms in total. The van der Waals surface area contributed by atoms with E-state index in [4.69, 9.17) is 4.74 Å². The molecule has 0 aromatic carbocycles. The predicted molar refractivity (Wildman–Crippen MR) is 63.7 cm³/mol. The number of unbranched alkanes of at least 4 members (excludes halogenated alkanes) is 1. The second-order valence-corrected chi connectivity index (χ2v) is 3.81. The minimum Gasteiger partial charge on any atom is -0.463 e. The van der Waals surface area contributed by atoms with Gasteiger partial charge in [-0.25, -0.2) is 4.79 Å². The fourth-order valence-corrected chi connectivity index (χ4v) is 1.53. The van der Waals surface area contributed by atoms with Crippen molar-refractivity contribution in [2.24, 2.45) is 5.92 Å². The van der Waals surface area contributed by atoms with Crippen LogP contribution in [0.3, 0.4) is 0 Å². The van der Waals surface area contributed by atoms with Crippen LogP contribution in [0, 0.1) is 5.92 Å². The van der Waals surface area contributed by atoms with Crippen molar-refractivity contribution in [3.05, 3.63) is 12.2 Å². The van der Waals surface area contributed by atoms with Gasteiger partial charge in [0.25, 0.3) is 0 Å². The topological polar surface area (TPSA) is 26.3 Å². The van der Waals surface area contributed by atoms with E-state index in [1.165, 1.54) is 25.7 Å². The molecule has 0 saturated heterocycles. The van der Waals surface area contributed by atoms with E-state index in [9.17, 15) is 4.79 Å². The lowest BCUT2D eigenvalue weighted by molar-refractivity contribution is -0.137. The zero-order valence-corrected chi connectivity index (χ0v) is 10.3. The second-order valence-electron chi connectivity index (χ2n) is 3.81. The first-order chi connectivity index (χ1) is 7.24. The summed E-state index contributed by atoms with van der Waals surface area (Å²) >= 11 is 0. The van der Waals surface area contributed by atoms with E-state index >= 15 is 0 Å². The number of allylic oxidation sites excluding steroid dienone is 1. The highest BCUT2D eigenvalue weighted by Crippen LogP contribution is 2.16. The van der Waals surface area contributed by atoms with Crippen LogP contribution in [0.4, 0.5) is 0 Å². The van der Waals surface area contributed by atoms with E-state index in [0.29, 0.717) is 6.61 Å². The van der Waals surface area contributed by atoms with E-state index < -0.39 is 0 Å². The molecule has 0 aliphatic heterocycles. The Bertz CT molecular complexity index is 185. The quantitative estimate of drug-likeness (QED) is 0.453. The molecule has 0 fully saturated rings. The minimum absolute atomic E-state index is 0.220. The van der Waals surface area contributed by atoms with Gasteiger partial charge < -0.3 is 4.74 Å². The third-order valence-corrected chi connectivity index (χ3v) is 2.55. The Morgan fingerprint density at radius 3 is 2.60 bits per heavy atom. The zero-order chi connectivity index (χ0) is 11.5. The number of ether oxygens (including phenoxy) is 1. The summed E-state index contributed by atoms with van der Waals surface area (Å²) in [5.41, 5.74) is 0. The van der Waals surface area contributed by atoms with Crippen LogP contribution in [0.2, 0.25) is 0 Å². The Kier molecular flexibility index (Phi) is 9.24. The van der Waals surface area contributed by atoms with E-state index in [-0.39, 0.29) is 5.97 Å². The van der Waals surface area contributed by atoms with E-state index in [1.807, 2.05) is 13.0 Å². The van der Waals surface area contributed by atoms with Crippen LogP contribution in [0.25, 0.3) is 0 Å². The largest absolute Gasteiger partial charge is 0.463 e. The Balaban J connectivity index is 3.73. The molecule has 15 heavy (non-hydrogen) atoms. The van der Waals surface area contributed by atoms with E-state index in [0.717, 1.165) is 12.3 Å². The lowest BCUT2D eigenvalue weighted by Crippen LogP contribution is -2.00. The lowest BCUT2D eigenvalue weighted by atomic mass is 9.96. The summed E-state index contributed by atoms with van der Waals surface area (Å²) in [5, 5.41) is 0. The van der Waals surface area contributed by atoms with Gasteiger partial charge in [0.2, 0.25) is 0 Å². The molecular formula is C13H24O2. The molecule has 0 amide bonds. The molecule has 0 aliphatic rings. The van der Waals surface area contributed by atoms with Gasteiger partial charge in [-0.1, -0.05) is 45.6 Å². The summed E-state index contributed by atoms with van der Waals surface area (Å²) in [4.78, 5) is 11.0. The van der Waals surface area contributed by atoms with Gasteiger partial charge in [-0.15, -0.1) is 0 Å². The summed E-state index contributed by atoms with van der Waals surface area (Å²) in [7, 11) is 0. The fourth-order valence-electron chi connectivity index (χ4n) is 1.53. The van der Waals surface area contributed by atoms with Crippen molar-refractivity contribution in [2.45, 2.75) is 52.9 Å². The first-order valence-electron chi connectivity index (χ1n) is 6.07. The number of rotatable bonds is 8. The Morgan fingerprint density at radius 1 is 1.33 bits per heavy atom. The number of carbonyl (C=O) groups excluding carboxylic acids is 1. The molecule has 0 N–H and O–H groups in total. The summed E-state index contributed by atoms with van der Waals surface area (Å²) in [5.74, 6) is 0.499. The minimum atomic E-state index is -0.220. The van der Waals surface area contributed by atoms with E-state index in [1.54, 1.807) is 6.08 Å². The lowest BCUT2D eigenvalue weighted by Gasteiger charge is -2.10. The Hall–Kier alpha value is -0.790. The highest BCUT2D eigenvalue weighted by molar-refractivity contribution is 5.81. The number of carbonyl (C=O) groups is 1. The molecule has 0 unspecified atom stereocenters. The van der Waals surface area contributed by atoms with Crippen molar-refractivity contribution in [2.75, 3.05) is 6.61 Å². The van der Waals surface area contributed by atoms with Crippen LogP contribution in [-0.2, 0) is 9.53 Å². The van der Waals surface area contributed by atoms with Crippen LogP contribution in [-0.4, -0.2) is 12.6 Å². The first kappa shape index (κ1) is 14.2. The molecule has 0 spiro atoms. The second kappa shape index (κ2) is 9.75. The summed E-state index contributed by atoms with van der Waals surface area (Å²) in [6, 6.07) is 0. The van der Waals surface area contributed by atoms with Crippen molar-refractivity contribution in [1.82, 2.24) is 0 Å². The molecule has 0 heterocycles. The van der Waals surface area contributed by atoms with E-state index in [2.05, 4.69) is 13.8 Å². The SMILES string of the molecule is CCCC[C@@H](CC)C/C=C/C(=O)OCC. The van der Waals surface area contributed by atoms with Crippen molar-refractivity contribution in [3.8, 4) is 0 Å². The molecule has 0 bridgehead atoms. The molecule has 1 atom stereocenters. The summed E-state index contributed by atoms with van der Waals surface area (Å²) < 4.78 is 4.81. The van der Waals surface area contributed by atoms with Gasteiger partial charge >= 0.3 is 5.97 Å². The zero-order valence-electron chi connectivity index (χ0n) is 10.3. The smallest absolute Gasteiger partial charge is 0.330 e. The molecule has 0 saturated carbocycles. The van der Waals surface area contributed by atoms with Gasteiger partial charge in [0.15, 0.2) is 0 Å². The third kappa shape index (κ3) is 8.22. The maximum Gasteiger partial charge on any atom is 0.330 e. The summed E-state index contributed by atoms with van der Waals surface area (Å²) in [6.07, 6.45) is 9.48. The first-order valence-corrected chi connectivity index (χ1v) is 6.07. The molecule has 0 rings (SSSR count). The van der Waals surface area contributed by atoms with Crippen LogP contribution >= 0.6 is 0 Å². The van der Waals surface area contributed by atoms with Crippen LogP contribution in [0.15, 0.2) is 12.2 Å². The van der Waals surface area contributed by atoms with Gasteiger partial charge in [0.1, 0.15) is 0 Å². The van der Waals surface area contributed by atoms with Crippen molar-refractivity contribution >= 4 is 5.97 Å². The molecule has 2 heteroatoms. The third-order valence-electron chi connectivity index (χ3n) is 2.55. The number of esters is 1. The Labute approximate surface area is 93.7 Å². The average molecular weight is 212 g/mol. The standard InChI is InChI=1S/C13H24O2/c1-4-7-9-12(5-2)10-8-11-13(14)15-6-3/h8,11-12H,4-7,9-10H2,1-3H3/b11-8+/t12-/m1/s1. The molecule has 0 aliphatic carbocycles. The van der Waals surface area contributed by atoms with Gasteiger partial charge in [-0.2, -0.15) is 0 Å². The fraction of sp³-hybridized carbons (Fsp3) is 0.769. The van der Waals surface area contributed by atoms with Crippen LogP contribution in [0.5, 0.6) is 0 Å². The highest BCUT2D eigenvalue weighted by Gasteiger charge is 2.03. The molecule has 0 aromatic heterocycles. The van der Waals surface area contributed by atoms with Gasteiger partial charge in [0.05, 0.1) is 6.61 Å². The highest BCUT2D eigenvalue weighted by atomic mass is 16.5. The molecule has 0 radical (unpaired) electrons. The van der Waals surface area contributed by atoms with Gasteiger partial charge in [0, 0.05) is 6.08 Å². The predicted octanol–water partition coefficient (Wildman–Crippen LogP) is 3.71. The van der Waals surface area contributed by atoms with Crippen molar-refractivity contribution in [1.29, 1.82) is 0 Å². The van der Waals surface area contributed by atoms with Crippen LogP contribution in [0.1, 0.15) is 52.9 Å². The Morgan fingerprint density at radius 2 is 2.07 bits per heavy atom. The molecule has 0 aromatic rings. The monoisotopic (exact) mass is 212 g/mol. The van der Waals surface area contributed by atoms with Gasteiger partial charge in [-0.3, -0.25) is 0 Å². The molecular weight excluding hydrogens is 188 g/mol. The van der Waals surface area contributed by atoms with Crippen molar-refractivity contribution in [3.63, 3.8) is 0 Å². The summed E-state index contributed by atoms with van der Waals surface area (Å²) in [6.45, 7) is 6.69. The average Bonchev–Trinajstić information content (AvgIpc) is 2.23. The maximum absolute atomic E-state index is 11.0. The number of hydrogen-bond acceptors (Lipinski definition) is 2. The normalized spacial score (nSPS) is 13.0. The van der Waals surface area contributed by atoms with Crippen LogP contribution < -0.4 is 0 Å². The van der Waals surface area contributed by atoms with Crippen molar-refractivity contribution < 1.29 is 9.53 Å².